The normalized spacial score (nSPS) is 22.9. The van der Waals surface area contributed by atoms with Crippen LogP contribution in [-0.4, -0.2) is 26.2 Å². The number of methoxy groups -OCH3 is 1. The highest BCUT2D eigenvalue weighted by molar-refractivity contribution is 5.44. The molecule has 0 bridgehead atoms. The summed E-state index contributed by atoms with van der Waals surface area (Å²) in [5.41, 5.74) is 7.21. The smallest absolute Gasteiger partial charge is 0.272 e. The van der Waals surface area contributed by atoms with Gasteiger partial charge in [0.25, 0.3) is 6.43 Å². The molecule has 0 aromatic heterocycles. The fraction of sp³-hybridized carbons (Fsp3) is 0.600. The van der Waals surface area contributed by atoms with Crippen LogP contribution >= 0.6 is 0 Å². The predicted molar refractivity (Wildman–Crippen MR) is 73.7 cm³/mol. The summed E-state index contributed by atoms with van der Waals surface area (Å²) in [6, 6.07) is 5.62. The minimum Gasteiger partial charge on any atom is -0.493 e. The number of benzene rings is 1. The molecule has 2 N–H and O–H groups in total. The van der Waals surface area contributed by atoms with E-state index in [0.717, 1.165) is 31.2 Å². The standard InChI is InChI=1S/C15H21F2NO2/c1-19-13-7-6-10(8-14(13)20-9-15(16)17)11-4-2-3-5-12(11)18/h6-8,11-12,15H,2-5,9,18H2,1H3/t11-,12-/m1/s1. The van der Waals surface area contributed by atoms with Gasteiger partial charge in [-0.2, -0.15) is 0 Å². The molecule has 2 atom stereocenters. The zero-order valence-electron chi connectivity index (χ0n) is 11.6. The Labute approximate surface area is 118 Å². The molecule has 0 amide bonds. The number of alkyl halides is 2. The molecule has 112 valence electrons. The molecule has 0 spiro atoms. The molecule has 0 aliphatic heterocycles. The number of nitrogens with two attached hydrogens (primary N) is 1. The summed E-state index contributed by atoms with van der Waals surface area (Å²) >= 11 is 0. The molecule has 3 nitrogen and oxygen atoms in total. The first kappa shape index (κ1) is 15.0. The van der Waals surface area contributed by atoms with Gasteiger partial charge in [0.2, 0.25) is 0 Å². The minimum absolute atomic E-state index is 0.125. The van der Waals surface area contributed by atoms with Crippen LogP contribution in [0.15, 0.2) is 18.2 Å². The molecule has 0 saturated heterocycles. The van der Waals surface area contributed by atoms with Crippen LogP contribution in [0.5, 0.6) is 11.5 Å². The monoisotopic (exact) mass is 285 g/mol. The highest BCUT2D eigenvalue weighted by Crippen LogP contribution is 2.36. The second kappa shape index (κ2) is 6.88. The first-order valence-electron chi connectivity index (χ1n) is 6.96. The Balaban J connectivity index is 2.19. The maximum Gasteiger partial charge on any atom is 0.272 e. The van der Waals surface area contributed by atoms with Gasteiger partial charge in [-0.15, -0.1) is 0 Å². The van der Waals surface area contributed by atoms with Gasteiger partial charge in [-0.25, -0.2) is 8.78 Å². The van der Waals surface area contributed by atoms with E-state index in [2.05, 4.69) is 0 Å². The van der Waals surface area contributed by atoms with E-state index in [9.17, 15) is 8.78 Å². The lowest BCUT2D eigenvalue weighted by Crippen LogP contribution is -2.31. The average molecular weight is 285 g/mol. The van der Waals surface area contributed by atoms with Crippen LogP contribution < -0.4 is 15.2 Å². The van der Waals surface area contributed by atoms with Gasteiger partial charge in [0, 0.05) is 6.04 Å². The van der Waals surface area contributed by atoms with E-state index < -0.39 is 13.0 Å². The molecule has 1 aromatic carbocycles. The lowest BCUT2D eigenvalue weighted by Gasteiger charge is -2.29. The molecule has 20 heavy (non-hydrogen) atoms. The van der Waals surface area contributed by atoms with Gasteiger partial charge < -0.3 is 15.2 Å². The lowest BCUT2D eigenvalue weighted by molar-refractivity contribution is 0.0803. The lowest BCUT2D eigenvalue weighted by atomic mass is 9.80. The molecule has 0 heterocycles. The summed E-state index contributed by atoms with van der Waals surface area (Å²) in [5.74, 6) is 1.10. The van der Waals surface area contributed by atoms with Crippen molar-refractivity contribution in [1.29, 1.82) is 0 Å². The van der Waals surface area contributed by atoms with Crippen molar-refractivity contribution in [3.8, 4) is 11.5 Å². The molecule has 1 aliphatic rings. The van der Waals surface area contributed by atoms with Gasteiger partial charge in [-0.1, -0.05) is 18.9 Å². The highest BCUT2D eigenvalue weighted by atomic mass is 19.3. The third-order valence-electron chi connectivity index (χ3n) is 3.80. The molecular formula is C15H21F2NO2. The van der Waals surface area contributed by atoms with Gasteiger partial charge in [-0.3, -0.25) is 0 Å². The maximum absolute atomic E-state index is 12.3. The SMILES string of the molecule is COc1ccc([C@H]2CCCC[C@H]2N)cc1OCC(F)F. The van der Waals surface area contributed by atoms with Crippen molar-refractivity contribution in [2.24, 2.45) is 5.73 Å². The second-order valence-corrected chi connectivity index (χ2v) is 5.17. The van der Waals surface area contributed by atoms with Crippen LogP contribution in [0.3, 0.4) is 0 Å². The van der Waals surface area contributed by atoms with Crippen molar-refractivity contribution < 1.29 is 18.3 Å². The van der Waals surface area contributed by atoms with Gasteiger partial charge in [0.05, 0.1) is 7.11 Å². The maximum atomic E-state index is 12.3. The Kier molecular flexibility index (Phi) is 5.17. The summed E-state index contributed by atoms with van der Waals surface area (Å²) in [6.45, 7) is -0.628. The molecule has 0 radical (unpaired) electrons. The van der Waals surface area contributed by atoms with Crippen molar-refractivity contribution >= 4 is 0 Å². The van der Waals surface area contributed by atoms with E-state index in [4.69, 9.17) is 15.2 Å². The molecule has 1 saturated carbocycles. The summed E-state index contributed by atoms with van der Waals surface area (Å²) in [6.07, 6.45) is 1.84. The van der Waals surface area contributed by atoms with Crippen molar-refractivity contribution in [2.45, 2.75) is 44.1 Å². The largest absolute Gasteiger partial charge is 0.493 e. The van der Waals surface area contributed by atoms with E-state index in [0.29, 0.717) is 11.5 Å². The van der Waals surface area contributed by atoms with Crippen LogP contribution in [0.2, 0.25) is 0 Å². The van der Waals surface area contributed by atoms with E-state index in [-0.39, 0.29) is 12.0 Å². The molecule has 2 rings (SSSR count). The summed E-state index contributed by atoms with van der Waals surface area (Å²) in [4.78, 5) is 0. The first-order valence-corrected chi connectivity index (χ1v) is 6.96. The molecule has 1 fully saturated rings. The quantitative estimate of drug-likeness (QED) is 0.902. The minimum atomic E-state index is -2.50. The van der Waals surface area contributed by atoms with Crippen LogP contribution in [0.4, 0.5) is 8.78 Å². The Morgan fingerprint density at radius 3 is 2.65 bits per heavy atom. The Morgan fingerprint density at radius 2 is 2.00 bits per heavy atom. The van der Waals surface area contributed by atoms with Crippen LogP contribution in [0, 0.1) is 0 Å². The number of hydrogen-bond donors (Lipinski definition) is 1. The fourth-order valence-corrected chi connectivity index (χ4v) is 2.76. The number of hydrogen-bond acceptors (Lipinski definition) is 3. The van der Waals surface area contributed by atoms with E-state index in [1.807, 2.05) is 6.07 Å². The van der Waals surface area contributed by atoms with Crippen molar-refractivity contribution in [1.82, 2.24) is 0 Å². The fourth-order valence-electron chi connectivity index (χ4n) is 2.76. The van der Waals surface area contributed by atoms with E-state index in [1.54, 1.807) is 12.1 Å². The van der Waals surface area contributed by atoms with Crippen molar-refractivity contribution in [3.63, 3.8) is 0 Å². The van der Waals surface area contributed by atoms with E-state index in [1.165, 1.54) is 7.11 Å². The second-order valence-electron chi connectivity index (χ2n) is 5.17. The average Bonchev–Trinajstić information content (AvgIpc) is 2.45. The van der Waals surface area contributed by atoms with E-state index >= 15 is 0 Å². The van der Waals surface area contributed by atoms with Crippen molar-refractivity contribution in [3.05, 3.63) is 23.8 Å². The third-order valence-corrected chi connectivity index (χ3v) is 3.80. The zero-order chi connectivity index (χ0) is 14.5. The van der Waals surface area contributed by atoms with Gasteiger partial charge in [-0.05, 0) is 36.5 Å². The van der Waals surface area contributed by atoms with Crippen molar-refractivity contribution in [2.75, 3.05) is 13.7 Å². The Morgan fingerprint density at radius 1 is 1.25 bits per heavy atom. The van der Waals surface area contributed by atoms with Crippen LogP contribution in [0.1, 0.15) is 37.2 Å². The number of halogens is 2. The molecule has 1 aromatic rings. The van der Waals surface area contributed by atoms with Crippen LogP contribution in [0.25, 0.3) is 0 Å². The summed E-state index contributed by atoms with van der Waals surface area (Å²) in [7, 11) is 1.50. The summed E-state index contributed by atoms with van der Waals surface area (Å²) < 4.78 is 34.9. The zero-order valence-corrected chi connectivity index (χ0v) is 11.6. The first-order chi connectivity index (χ1) is 9.61. The summed E-state index contributed by atoms with van der Waals surface area (Å²) in [5, 5.41) is 0. The highest BCUT2D eigenvalue weighted by Gasteiger charge is 2.24. The topological polar surface area (TPSA) is 44.5 Å². The third kappa shape index (κ3) is 3.60. The predicted octanol–water partition coefficient (Wildman–Crippen LogP) is 3.32. The molecule has 1 aliphatic carbocycles. The number of ether oxygens (including phenoxy) is 2. The van der Waals surface area contributed by atoms with Crippen LogP contribution in [-0.2, 0) is 0 Å². The molecular weight excluding hydrogens is 264 g/mol. The Hall–Kier alpha value is -1.36. The van der Waals surface area contributed by atoms with Gasteiger partial charge in [0.15, 0.2) is 11.5 Å². The molecule has 0 unspecified atom stereocenters. The Bertz CT molecular complexity index is 440. The van der Waals surface area contributed by atoms with Gasteiger partial charge >= 0.3 is 0 Å². The number of rotatable bonds is 5. The molecule has 5 heteroatoms. The van der Waals surface area contributed by atoms with Gasteiger partial charge in [0.1, 0.15) is 6.61 Å².